The van der Waals surface area contributed by atoms with Crippen LogP contribution in [0.5, 0.6) is 0 Å². The van der Waals surface area contributed by atoms with E-state index in [9.17, 15) is 0 Å². The summed E-state index contributed by atoms with van der Waals surface area (Å²) in [6, 6.07) is 2.13. The molecule has 0 atom stereocenters. The molecule has 0 saturated heterocycles. The lowest BCUT2D eigenvalue weighted by Gasteiger charge is -2.05. The zero-order valence-electron chi connectivity index (χ0n) is 11.1. The van der Waals surface area contributed by atoms with Gasteiger partial charge >= 0.3 is 0 Å². The molecular formula is C14H16N4S. The van der Waals surface area contributed by atoms with Gasteiger partial charge in [-0.25, -0.2) is 9.97 Å². The Balaban J connectivity index is 1.90. The Bertz CT molecular complexity index is 677. The minimum absolute atomic E-state index is 0.764. The monoisotopic (exact) mass is 272 g/mol. The Morgan fingerprint density at radius 3 is 2.89 bits per heavy atom. The van der Waals surface area contributed by atoms with Gasteiger partial charge in [-0.05, 0) is 30.9 Å². The van der Waals surface area contributed by atoms with Crippen molar-refractivity contribution >= 4 is 11.3 Å². The molecule has 0 radical (unpaired) electrons. The topological polar surface area (TPSA) is 35.6 Å². The fraction of sp³-hybridized carbons (Fsp3) is 0.286. The van der Waals surface area contributed by atoms with Gasteiger partial charge in [-0.3, -0.25) is 0 Å². The summed E-state index contributed by atoms with van der Waals surface area (Å²) in [7, 11) is 0. The fourth-order valence-electron chi connectivity index (χ4n) is 2.08. The lowest BCUT2D eigenvalue weighted by molar-refractivity contribution is 0.754. The summed E-state index contributed by atoms with van der Waals surface area (Å²) in [6.07, 6.45) is 7.83. The molecule has 98 valence electrons. The van der Waals surface area contributed by atoms with Crippen LogP contribution < -0.4 is 0 Å². The second-order valence-corrected chi connectivity index (χ2v) is 5.42. The summed E-state index contributed by atoms with van der Waals surface area (Å²) in [6.45, 7) is 5.95. The van der Waals surface area contributed by atoms with E-state index in [2.05, 4.69) is 50.6 Å². The van der Waals surface area contributed by atoms with Crippen LogP contribution in [0.15, 0.2) is 36.4 Å². The van der Waals surface area contributed by atoms with Crippen molar-refractivity contribution in [1.29, 1.82) is 0 Å². The molecular weight excluding hydrogens is 256 g/mol. The maximum absolute atomic E-state index is 4.48. The van der Waals surface area contributed by atoms with E-state index >= 15 is 0 Å². The molecule has 0 aliphatic carbocycles. The summed E-state index contributed by atoms with van der Waals surface area (Å²) >= 11 is 1.73. The molecule has 0 spiro atoms. The Morgan fingerprint density at radius 1 is 1.32 bits per heavy atom. The lowest BCUT2D eigenvalue weighted by atomic mass is 10.3. The normalized spacial score (nSPS) is 11.1. The zero-order valence-corrected chi connectivity index (χ0v) is 11.9. The summed E-state index contributed by atoms with van der Waals surface area (Å²) < 4.78 is 4.24. The van der Waals surface area contributed by atoms with Crippen LogP contribution >= 0.6 is 11.3 Å². The third-order valence-corrected chi connectivity index (χ3v) is 4.18. The first-order chi connectivity index (χ1) is 9.28. The van der Waals surface area contributed by atoms with Crippen molar-refractivity contribution in [1.82, 2.24) is 19.1 Å². The first-order valence-electron chi connectivity index (χ1n) is 6.34. The Labute approximate surface area is 116 Å². The first kappa shape index (κ1) is 12.2. The highest BCUT2D eigenvalue weighted by Crippen LogP contribution is 2.27. The molecule has 0 aliphatic rings. The molecule has 0 aliphatic heterocycles. The van der Waals surface area contributed by atoms with E-state index in [0.717, 1.165) is 24.6 Å². The van der Waals surface area contributed by atoms with Crippen LogP contribution in [-0.2, 0) is 13.1 Å². The zero-order chi connectivity index (χ0) is 13.2. The summed E-state index contributed by atoms with van der Waals surface area (Å²) in [5, 5.41) is 2.11. The number of thiophene rings is 1. The van der Waals surface area contributed by atoms with Crippen LogP contribution in [0.2, 0.25) is 0 Å². The molecule has 3 aromatic rings. The molecule has 0 amide bonds. The van der Waals surface area contributed by atoms with Crippen molar-refractivity contribution in [2.24, 2.45) is 0 Å². The fourth-order valence-corrected chi connectivity index (χ4v) is 3.02. The average molecular weight is 272 g/mol. The summed E-state index contributed by atoms with van der Waals surface area (Å²) in [5.41, 5.74) is 2.34. The maximum atomic E-state index is 4.48. The lowest BCUT2D eigenvalue weighted by Crippen LogP contribution is -2.01. The minimum atomic E-state index is 0.764. The Kier molecular flexibility index (Phi) is 3.21. The van der Waals surface area contributed by atoms with Crippen LogP contribution in [0, 0.1) is 6.92 Å². The molecule has 0 aromatic carbocycles. The molecule has 0 unspecified atom stereocenters. The predicted molar refractivity (Wildman–Crippen MR) is 77.3 cm³/mol. The van der Waals surface area contributed by atoms with Gasteiger partial charge in [0.15, 0.2) is 5.82 Å². The van der Waals surface area contributed by atoms with E-state index in [-0.39, 0.29) is 0 Å². The van der Waals surface area contributed by atoms with Crippen molar-refractivity contribution in [3.63, 3.8) is 0 Å². The van der Waals surface area contributed by atoms with Crippen LogP contribution in [0.4, 0.5) is 0 Å². The quantitative estimate of drug-likeness (QED) is 0.731. The van der Waals surface area contributed by atoms with Crippen molar-refractivity contribution in [2.45, 2.75) is 26.9 Å². The third kappa shape index (κ3) is 2.33. The van der Waals surface area contributed by atoms with Gasteiger partial charge in [0.25, 0.3) is 0 Å². The largest absolute Gasteiger partial charge is 0.337 e. The van der Waals surface area contributed by atoms with Gasteiger partial charge in [0.2, 0.25) is 0 Å². The third-order valence-electron chi connectivity index (χ3n) is 3.16. The number of rotatable bonds is 4. The highest BCUT2D eigenvalue weighted by Gasteiger charge is 2.11. The number of hydrogen-bond acceptors (Lipinski definition) is 3. The molecule has 3 heterocycles. The van der Waals surface area contributed by atoms with Crippen molar-refractivity contribution in [2.75, 3.05) is 0 Å². The van der Waals surface area contributed by atoms with Crippen LogP contribution in [0.25, 0.3) is 10.7 Å². The molecule has 3 rings (SSSR count). The number of aryl methyl sites for hydroxylation is 2. The molecule has 5 heteroatoms. The molecule has 0 N–H and O–H groups in total. The second-order valence-electron chi connectivity index (χ2n) is 4.51. The minimum Gasteiger partial charge on any atom is -0.337 e. The number of imidazole rings is 2. The van der Waals surface area contributed by atoms with Crippen LogP contribution in [0.3, 0.4) is 0 Å². The van der Waals surface area contributed by atoms with Crippen molar-refractivity contribution < 1.29 is 0 Å². The Morgan fingerprint density at radius 2 is 2.21 bits per heavy atom. The molecule has 19 heavy (non-hydrogen) atoms. The molecule has 0 saturated carbocycles. The van der Waals surface area contributed by atoms with Crippen molar-refractivity contribution in [3.05, 3.63) is 47.6 Å². The van der Waals surface area contributed by atoms with E-state index in [4.69, 9.17) is 0 Å². The molecule has 4 nitrogen and oxygen atoms in total. The highest BCUT2D eigenvalue weighted by molar-refractivity contribution is 7.13. The summed E-state index contributed by atoms with van der Waals surface area (Å²) in [5.74, 6) is 1.03. The number of hydrogen-bond donors (Lipinski definition) is 0. The van der Waals surface area contributed by atoms with E-state index in [0.29, 0.717) is 0 Å². The molecule has 0 bridgehead atoms. The van der Waals surface area contributed by atoms with Gasteiger partial charge in [0.05, 0.1) is 23.4 Å². The standard InChI is InChI=1S/C14H16N4S/c1-3-17-8-12(16-10-17)9-18-6-5-15-14(18)13-11(2)4-7-19-13/h4-8,10H,3,9H2,1-2H3. The van der Waals surface area contributed by atoms with E-state index < -0.39 is 0 Å². The average Bonchev–Trinajstić information content (AvgIpc) is 3.10. The smallest absolute Gasteiger partial charge is 0.150 e. The van der Waals surface area contributed by atoms with Gasteiger partial charge in [-0.15, -0.1) is 11.3 Å². The van der Waals surface area contributed by atoms with E-state index in [1.54, 1.807) is 11.3 Å². The van der Waals surface area contributed by atoms with Gasteiger partial charge in [-0.1, -0.05) is 0 Å². The molecule has 3 aromatic heterocycles. The van der Waals surface area contributed by atoms with Gasteiger partial charge in [0, 0.05) is 25.1 Å². The summed E-state index contributed by atoms with van der Waals surface area (Å²) in [4.78, 5) is 10.1. The van der Waals surface area contributed by atoms with Crippen molar-refractivity contribution in [3.8, 4) is 10.7 Å². The van der Waals surface area contributed by atoms with Gasteiger partial charge < -0.3 is 9.13 Å². The molecule has 0 fully saturated rings. The van der Waals surface area contributed by atoms with E-state index in [1.807, 2.05) is 18.7 Å². The Hall–Kier alpha value is -1.88. The van der Waals surface area contributed by atoms with Gasteiger partial charge in [-0.2, -0.15) is 0 Å². The maximum Gasteiger partial charge on any atom is 0.150 e. The van der Waals surface area contributed by atoms with E-state index in [1.165, 1.54) is 10.4 Å². The van der Waals surface area contributed by atoms with Gasteiger partial charge in [0.1, 0.15) is 0 Å². The first-order valence-corrected chi connectivity index (χ1v) is 7.22. The second kappa shape index (κ2) is 5.01. The van der Waals surface area contributed by atoms with Crippen LogP contribution in [0.1, 0.15) is 18.2 Å². The predicted octanol–water partition coefficient (Wildman–Crippen LogP) is 3.18. The number of aromatic nitrogens is 4. The number of nitrogens with zero attached hydrogens (tertiary/aromatic N) is 4. The SMILES string of the molecule is CCn1cnc(Cn2ccnc2-c2sccc2C)c1. The highest BCUT2D eigenvalue weighted by atomic mass is 32.1. The van der Waals surface area contributed by atoms with Crippen LogP contribution in [-0.4, -0.2) is 19.1 Å².